The molecule has 0 aromatic heterocycles. The minimum atomic E-state index is -0.406. The van der Waals surface area contributed by atoms with Crippen LogP contribution in [0.5, 0.6) is 5.75 Å². The number of rotatable bonds is 9. The average molecular weight is 352 g/mol. The Balaban J connectivity index is 2.33. The van der Waals surface area contributed by atoms with Crippen LogP contribution in [0.3, 0.4) is 0 Å². The van der Waals surface area contributed by atoms with Crippen LogP contribution in [0, 0.1) is 11.3 Å². The van der Waals surface area contributed by atoms with Gasteiger partial charge in [0.05, 0.1) is 13.2 Å². The zero-order chi connectivity index (χ0) is 18.8. The van der Waals surface area contributed by atoms with E-state index >= 15 is 0 Å². The summed E-state index contributed by atoms with van der Waals surface area (Å²) >= 11 is 0. The molecular weight excluding hydrogens is 328 g/mol. The fourth-order valence-electron chi connectivity index (χ4n) is 2.54. The average Bonchev–Trinajstić information content (AvgIpc) is 2.67. The molecule has 0 fully saturated rings. The molecular formula is C21H24N2O3. The Hall–Kier alpha value is -2.84. The summed E-state index contributed by atoms with van der Waals surface area (Å²) in [5.41, 5.74) is 0.868. The van der Waals surface area contributed by atoms with Gasteiger partial charge >= 0.3 is 0 Å². The first kappa shape index (κ1) is 19.5. The van der Waals surface area contributed by atoms with E-state index in [0.717, 1.165) is 34.9 Å². The summed E-state index contributed by atoms with van der Waals surface area (Å²) in [7, 11) is 1.56. The van der Waals surface area contributed by atoms with Crippen LogP contribution in [-0.4, -0.2) is 32.8 Å². The van der Waals surface area contributed by atoms with Crippen LogP contribution in [0.2, 0.25) is 0 Å². The molecule has 2 rings (SSSR count). The number of carbonyl (C=O) groups excluding carboxylic acids is 1. The Bertz CT molecular complexity index is 822. The maximum absolute atomic E-state index is 12.1. The van der Waals surface area contributed by atoms with Gasteiger partial charge in [0.2, 0.25) is 0 Å². The van der Waals surface area contributed by atoms with Gasteiger partial charge in [0.1, 0.15) is 17.4 Å². The topological polar surface area (TPSA) is 71.3 Å². The highest BCUT2D eigenvalue weighted by molar-refractivity contribution is 6.04. The molecule has 0 radical (unpaired) electrons. The number of unbranched alkanes of at least 4 members (excludes halogenated alkanes) is 1. The van der Waals surface area contributed by atoms with Gasteiger partial charge < -0.3 is 14.8 Å². The predicted molar refractivity (Wildman–Crippen MR) is 103 cm³/mol. The quantitative estimate of drug-likeness (QED) is 0.424. The van der Waals surface area contributed by atoms with Gasteiger partial charge in [-0.2, -0.15) is 5.26 Å². The Morgan fingerprint density at radius 3 is 2.65 bits per heavy atom. The predicted octanol–water partition coefficient (Wildman–Crippen LogP) is 3.69. The van der Waals surface area contributed by atoms with Gasteiger partial charge in [-0.25, -0.2) is 0 Å². The van der Waals surface area contributed by atoms with Crippen molar-refractivity contribution in [3.05, 3.63) is 47.5 Å². The summed E-state index contributed by atoms with van der Waals surface area (Å²) in [5.74, 6) is 0.408. The van der Waals surface area contributed by atoms with Gasteiger partial charge in [-0.3, -0.25) is 4.79 Å². The molecule has 0 spiro atoms. The van der Waals surface area contributed by atoms with Crippen molar-refractivity contribution < 1.29 is 14.3 Å². The normalized spacial score (nSPS) is 11.2. The minimum Gasteiger partial charge on any atom is -0.493 e. The zero-order valence-electron chi connectivity index (χ0n) is 15.2. The van der Waals surface area contributed by atoms with E-state index in [4.69, 9.17) is 9.47 Å². The molecule has 26 heavy (non-hydrogen) atoms. The molecule has 0 unspecified atom stereocenters. The summed E-state index contributed by atoms with van der Waals surface area (Å²) in [6, 6.07) is 13.6. The maximum Gasteiger partial charge on any atom is 0.262 e. The molecule has 136 valence electrons. The summed E-state index contributed by atoms with van der Waals surface area (Å²) in [6.45, 7) is 3.55. The van der Waals surface area contributed by atoms with Crippen molar-refractivity contribution in [3.8, 4) is 11.8 Å². The fourth-order valence-corrected chi connectivity index (χ4v) is 2.54. The van der Waals surface area contributed by atoms with Crippen LogP contribution in [0.4, 0.5) is 0 Å². The molecule has 2 aromatic carbocycles. The van der Waals surface area contributed by atoms with Crippen LogP contribution in [0.15, 0.2) is 42.0 Å². The highest BCUT2D eigenvalue weighted by Crippen LogP contribution is 2.30. The van der Waals surface area contributed by atoms with Gasteiger partial charge in [-0.15, -0.1) is 0 Å². The van der Waals surface area contributed by atoms with Gasteiger partial charge in [-0.1, -0.05) is 43.7 Å². The van der Waals surface area contributed by atoms with Crippen LogP contribution < -0.4 is 10.1 Å². The van der Waals surface area contributed by atoms with E-state index in [1.165, 1.54) is 0 Å². The van der Waals surface area contributed by atoms with E-state index < -0.39 is 5.91 Å². The van der Waals surface area contributed by atoms with E-state index in [1.807, 2.05) is 42.5 Å². The number of hydrogen-bond acceptors (Lipinski definition) is 4. The molecule has 0 atom stereocenters. The van der Waals surface area contributed by atoms with Gasteiger partial charge in [0, 0.05) is 19.0 Å². The molecule has 5 heteroatoms. The number of fused-ring (bicyclic) bond motifs is 1. The Kier molecular flexibility index (Phi) is 7.66. The first-order valence-corrected chi connectivity index (χ1v) is 8.74. The molecule has 1 amide bonds. The third-order valence-electron chi connectivity index (χ3n) is 3.93. The van der Waals surface area contributed by atoms with E-state index in [1.54, 1.807) is 13.2 Å². The number of hydrogen-bond donors (Lipinski definition) is 1. The number of nitrogens with zero attached hydrogens (tertiary/aromatic N) is 1. The molecule has 0 aliphatic carbocycles. The molecule has 5 nitrogen and oxygen atoms in total. The lowest BCUT2D eigenvalue weighted by Crippen LogP contribution is -2.27. The lowest BCUT2D eigenvalue weighted by Gasteiger charge is -2.11. The largest absolute Gasteiger partial charge is 0.493 e. The molecule has 2 aromatic rings. The van der Waals surface area contributed by atoms with Crippen LogP contribution in [0.1, 0.15) is 25.3 Å². The third kappa shape index (κ3) is 5.08. The van der Waals surface area contributed by atoms with Crippen molar-refractivity contribution in [3.63, 3.8) is 0 Å². The van der Waals surface area contributed by atoms with Crippen molar-refractivity contribution >= 4 is 22.8 Å². The Morgan fingerprint density at radius 2 is 1.96 bits per heavy atom. The standard InChI is InChI=1S/C21H24N2O3/c1-3-4-12-26-20-10-9-16(18-7-5-6-8-19(18)20)14-17(15-22)21(24)23-11-13-25-2/h5-10,14H,3-4,11-13H2,1-2H3,(H,23,24)/b17-14+. The molecule has 1 N–H and O–H groups in total. The van der Waals surface area contributed by atoms with Crippen LogP contribution in [0.25, 0.3) is 16.8 Å². The number of ether oxygens (including phenoxy) is 2. The number of nitrogens with one attached hydrogen (secondary N) is 1. The number of methoxy groups -OCH3 is 1. The van der Waals surface area contributed by atoms with Gasteiger partial charge in [0.15, 0.2) is 0 Å². The summed E-state index contributed by atoms with van der Waals surface area (Å²) in [6.07, 6.45) is 3.68. The van der Waals surface area contributed by atoms with Crippen molar-refractivity contribution in [2.24, 2.45) is 0 Å². The second kappa shape index (κ2) is 10.2. The van der Waals surface area contributed by atoms with Crippen molar-refractivity contribution in [1.82, 2.24) is 5.32 Å². The summed E-state index contributed by atoms with van der Waals surface area (Å²) in [4.78, 5) is 12.1. The molecule has 0 aliphatic heterocycles. The van der Waals surface area contributed by atoms with Crippen LogP contribution in [-0.2, 0) is 9.53 Å². The molecule has 0 aliphatic rings. The van der Waals surface area contributed by atoms with Gasteiger partial charge in [0.25, 0.3) is 5.91 Å². The smallest absolute Gasteiger partial charge is 0.262 e. The second-order valence-corrected chi connectivity index (χ2v) is 5.82. The molecule has 0 heterocycles. The first-order valence-electron chi connectivity index (χ1n) is 8.74. The third-order valence-corrected chi connectivity index (χ3v) is 3.93. The number of benzene rings is 2. The first-order chi connectivity index (χ1) is 12.7. The lowest BCUT2D eigenvalue weighted by molar-refractivity contribution is -0.117. The van der Waals surface area contributed by atoms with E-state index in [2.05, 4.69) is 12.2 Å². The molecule has 0 saturated carbocycles. The number of nitriles is 1. The fraction of sp³-hybridized carbons (Fsp3) is 0.333. The van der Waals surface area contributed by atoms with E-state index in [-0.39, 0.29) is 5.57 Å². The van der Waals surface area contributed by atoms with Crippen LogP contribution >= 0.6 is 0 Å². The van der Waals surface area contributed by atoms with E-state index in [9.17, 15) is 10.1 Å². The molecule has 0 bridgehead atoms. The second-order valence-electron chi connectivity index (χ2n) is 5.82. The minimum absolute atomic E-state index is 0.0610. The van der Waals surface area contributed by atoms with Crippen molar-refractivity contribution in [2.75, 3.05) is 26.9 Å². The summed E-state index contributed by atoms with van der Waals surface area (Å²) < 4.78 is 10.8. The Morgan fingerprint density at radius 1 is 1.19 bits per heavy atom. The molecule has 0 saturated heterocycles. The Labute approximate surface area is 154 Å². The van der Waals surface area contributed by atoms with E-state index in [0.29, 0.717) is 19.8 Å². The zero-order valence-corrected chi connectivity index (χ0v) is 15.2. The highest BCUT2D eigenvalue weighted by atomic mass is 16.5. The van der Waals surface area contributed by atoms with Gasteiger partial charge in [-0.05, 0) is 29.5 Å². The van der Waals surface area contributed by atoms with Crippen molar-refractivity contribution in [1.29, 1.82) is 5.26 Å². The number of amides is 1. The SMILES string of the molecule is CCCCOc1ccc(/C=C(\C#N)C(=O)NCCOC)c2ccccc12. The lowest BCUT2D eigenvalue weighted by atomic mass is 10.0. The summed E-state index contributed by atoms with van der Waals surface area (Å²) in [5, 5.41) is 13.9. The van der Waals surface area contributed by atoms with Crippen molar-refractivity contribution in [2.45, 2.75) is 19.8 Å². The monoisotopic (exact) mass is 352 g/mol. The maximum atomic E-state index is 12.1. The number of carbonyl (C=O) groups is 1. The highest BCUT2D eigenvalue weighted by Gasteiger charge is 2.11.